The summed E-state index contributed by atoms with van der Waals surface area (Å²) >= 11 is 9.04. The van der Waals surface area contributed by atoms with Gasteiger partial charge in [-0.1, -0.05) is 27.5 Å². The van der Waals surface area contributed by atoms with Crippen LogP contribution < -0.4 is 5.73 Å². The van der Waals surface area contributed by atoms with Gasteiger partial charge in [0.25, 0.3) is 0 Å². The maximum absolute atomic E-state index is 13.3. The van der Waals surface area contributed by atoms with Crippen LogP contribution in [-0.4, -0.2) is 5.78 Å². The Morgan fingerprint density at radius 3 is 2.40 bits per heavy atom. The standard InChI is InChI=1S/C14H9BrClF2NO/c1-6-8(2-7(15)3-13(6)19)14(20)9-4-11(17)12(18)5-10(9)16/h2-5H,19H2,1H3. The molecule has 0 aliphatic rings. The van der Waals surface area contributed by atoms with Crippen molar-refractivity contribution in [3.05, 3.63) is 62.1 Å². The molecule has 0 radical (unpaired) electrons. The Kier molecular flexibility index (Phi) is 4.11. The maximum atomic E-state index is 13.3. The quantitative estimate of drug-likeness (QED) is 0.487. The minimum absolute atomic E-state index is 0.105. The molecule has 0 saturated heterocycles. The fraction of sp³-hybridized carbons (Fsp3) is 0.0714. The normalized spacial score (nSPS) is 10.7. The average Bonchev–Trinajstić information content (AvgIpc) is 2.37. The lowest BCUT2D eigenvalue weighted by Gasteiger charge is -2.10. The Labute approximate surface area is 127 Å². The number of halogens is 4. The molecule has 0 amide bonds. The molecule has 0 spiro atoms. The van der Waals surface area contributed by atoms with Crippen LogP contribution in [0.15, 0.2) is 28.7 Å². The summed E-state index contributed by atoms with van der Waals surface area (Å²) in [5.41, 5.74) is 6.93. The number of nitrogens with two attached hydrogens (primary N) is 1. The zero-order valence-corrected chi connectivity index (χ0v) is 12.6. The van der Waals surface area contributed by atoms with Gasteiger partial charge in [-0.15, -0.1) is 0 Å². The fourth-order valence-corrected chi connectivity index (χ4v) is 2.49. The molecule has 0 aromatic heterocycles. The molecule has 0 fully saturated rings. The van der Waals surface area contributed by atoms with Gasteiger partial charge in [0, 0.05) is 21.3 Å². The minimum Gasteiger partial charge on any atom is -0.398 e. The highest BCUT2D eigenvalue weighted by atomic mass is 79.9. The Morgan fingerprint density at radius 1 is 1.15 bits per heavy atom. The molecule has 0 aliphatic heterocycles. The lowest BCUT2D eigenvalue weighted by atomic mass is 9.98. The zero-order valence-electron chi connectivity index (χ0n) is 10.3. The predicted octanol–water partition coefficient (Wildman–Crippen LogP) is 4.50. The first kappa shape index (κ1) is 14.9. The monoisotopic (exact) mass is 359 g/mol. The van der Waals surface area contributed by atoms with Crippen molar-refractivity contribution in [1.82, 2.24) is 0 Å². The molecule has 2 nitrogen and oxygen atoms in total. The summed E-state index contributed by atoms with van der Waals surface area (Å²) in [6, 6.07) is 4.78. The van der Waals surface area contributed by atoms with E-state index in [4.69, 9.17) is 17.3 Å². The van der Waals surface area contributed by atoms with E-state index in [9.17, 15) is 13.6 Å². The van der Waals surface area contributed by atoms with Crippen LogP contribution in [0.25, 0.3) is 0 Å². The summed E-state index contributed by atoms with van der Waals surface area (Å²) in [6.45, 7) is 1.67. The summed E-state index contributed by atoms with van der Waals surface area (Å²) in [5, 5.41) is -0.146. The molecule has 0 bridgehead atoms. The zero-order chi connectivity index (χ0) is 15.0. The third kappa shape index (κ3) is 2.69. The summed E-state index contributed by atoms with van der Waals surface area (Å²) in [7, 11) is 0. The molecule has 2 N–H and O–H groups in total. The van der Waals surface area contributed by atoms with Crippen LogP contribution in [0.5, 0.6) is 0 Å². The Morgan fingerprint density at radius 2 is 1.75 bits per heavy atom. The molecule has 104 valence electrons. The summed E-state index contributed by atoms with van der Waals surface area (Å²) < 4.78 is 26.9. The van der Waals surface area contributed by atoms with Crippen molar-refractivity contribution in [2.75, 3.05) is 5.73 Å². The van der Waals surface area contributed by atoms with Gasteiger partial charge in [-0.05, 0) is 36.8 Å². The van der Waals surface area contributed by atoms with Crippen molar-refractivity contribution in [3.8, 4) is 0 Å². The van der Waals surface area contributed by atoms with Crippen molar-refractivity contribution < 1.29 is 13.6 Å². The third-order valence-corrected chi connectivity index (χ3v) is 3.68. The first-order valence-electron chi connectivity index (χ1n) is 5.56. The first-order valence-corrected chi connectivity index (χ1v) is 6.73. The van der Waals surface area contributed by atoms with Gasteiger partial charge in [0.15, 0.2) is 17.4 Å². The van der Waals surface area contributed by atoms with E-state index in [1.165, 1.54) is 0 Å². The second kappa shape index (κ2) is 5.50. The van der Waals surface area contributed by atoms with Crippen molar-refractivity contribution >= 4 is 39.0 Å². The predicted molar refractivity (Wildman–Crippen MR) is 78.1 cm³/mol. The van der Waals surface area contributed by atoms with E-state index in [-0.39, 0.29) is 16.1 Å². The number of benzene rings is 2. The van der Waals surface area contributed by atoms with Crippen LogP contribution in [0, 0.1) is 18.6 Å². The van der Waals surface area contributed by atoms with E-state index in [0.717, 1.165) is 12.1 Å². The largest absolute Gasteiger partial charge is 0.398 e. The van der Waals surface area contributed by atoms with Crippen LogP contribution in [0.2, 0.25) is 5.02 Å². The number of nitrogen functional groups attached to an aromatic ring is 1. The molecule has 2 aromatic carbocycles. The highest BCUT2D eigenvalue weighted by Crippen LogP contribution is 2.28. The maximum Gasteiger partial charge on any atom is 0.195 e. The topological polar surface area (TPSA) is 43.1 Å². The second-order valence-corrected chi connectivity index (χ2v) is 5.57. The van der Waals surface area contributed by atoms with Gasteiger partial charge in [-0.3, -0.25) is 4.79 Å². The van der Waals surface area contributed by atoms with Crippen molar-refractivity contribution in [2.24, 2.45) is 0 Å². The molecule has 0 aliphatic carbocycles. The number of anilines is 1. The third-order valence-electron chi connectivity index (χ3n) is 2.91. The number of carbonyl (C=O) groups excluding carboxylic acids is 1. The molecule has 0 saturated carbocycles. The average molecular weight is 361 g/mol. The number of carbonyl (C=O) groups is 1. The van der Waals surface area contributed by atoms with Crippen LogP contribution >= 0.6 is 27.5 Å². The molecule has 2 rings (SSSR count). The first-order chi connectivity index (χ1) is 9.31. The van der Waals surface area contributed by atoms with E-state index in [2.05, 4.69) is 15.9 Å². The van der Waals surface area contributed by atoms with Gasteiger partial charge in [0.1, 0.15) is 0 Å². The lowest BCUT2D eigenvalue weighted by molar-refractivity contribution is 0.103. The van der Waals surface area contributed by atoms with E-state index >= 15 is 0 Å². The van der Waals surface area contributed by atoms with Crippen LogP contribution in [0.3, 0.4) is 0 Å². The van der Waals surface area contributed by atoms with Crippen molar-refractivity contribution in [1.29, 1.82) is 0 Å². The lowest BCUT2D eigenvalue weighted by Crippen LogP contribution is -2.08. The molecule has 2 aromatic rings. The van der Waals surface area contributed by atoms with Crippen molar-refractivity contribution in [2.45, 2.75) is 6.92 Å². The fourth-order valence-electron chi connectivity index (χ4n) is 1.78. The van der Waals surface area contributed by atoms with Gasteiger partial charge in [0.05, 0.1) is 5.02 Å². The van der Waals surface area contributed by atoms with Crippen LogP contribution in [0.4, 0.5) is 14.5 Å². The number of hydrogen-bond acceptors (Lipinski definition) is 2. The van der Waals surface area contributed by atoms with Gasteiger partial charge in [-0.2, -0.15) is 0 Å². The second-order valence-electron chi connectivity index (χ2n) is 4.24. The molecular weight excluding hydrogens is 352 g/mol. The van der Waals surface area contributed by atoms with Crippen molar-refractivity contribution in [3.63, 3.8) is 0 Å². The summed E-state index contributed by atoms with van der Waals surface area (Å²) in [4.78, 5) is 12.4. The molecule has 0 heterocycles. The van der Waals surface area contributed by atoms with Crippen LogP contribution in [-0.2, 0) is 0 Å². The molecule has 0 atom stereocenters. The number of hydrogen-bond donors (Lipinski definition) is 1. The molecule has 0 unspecified atom stereocenters. The number of ketones is 1. The van der Waals surface area contributed by atoms with E-state index in [1.807, 2.05) is 0 Å². The van der Waals surface area contributed by atoms with Gasteiger partial charge < -0.3 is 5.73 Å². The Hall–Kier alpha value is -1.46. The number of rotatable bonds is 2. The van der Waals surface area contributed by atoms with Crippen LogP contribution in [0.1, 0.15) is 21.5 Å². The highest BCUT2D eigenvalue weighted by Gasteiger charge is 2.19. The van der Waals surface area contributed by atoms with Gasteiger partial charge in [0.2, 0.25) is 0 Å². The van der Waals surface area contributed by atoms with Gasteiger partial charge in [-0.25, -0.2) is 8.78 Å². The van der Waals surface area contributed by atoms with E-state index in [0.29, 0.717) is 15.7 Å². The Bertz CT molecular complexity index is 719. The minimum atomic E-state index is -1.13. The smallest absolute Gasteiger partial charge is 0.195 e. The molecule has 20 heavy (non-hydrogen) atoms. The Balaban J connectivity index is 2.60. The molecular formula is C14H9BrClF2NO. The van der Waals surface area contributed by atoms with Gasteiger partial charge >= 0.3 is 0 Å². The summed E-state index contributed by atoms with van der Waals surface area (Å²) in [6.07, 6.45) is 0. The SMILES string of the molecule is Cc1c(N)cc(Br)cc1C(=O)c1cc(F)c(F)cc1Cl. The summed E-state index contributed by atoms with van der Waals surface area (Å²) in [5.74, 6) is -2.74. The highest BCUT2D eigenvalue weighted by molar-refractivity contribution is 9.10. The van der Waals surface area contributed by atoms with E-state index in [1.54, 1.807) is 19.1 Å². The van der Waals surface area contributed by atoms with E-state index < -0.39 is 17.4 Å². The molecule has 6 heteroatoms.